The molecule has 36 heavy (non-hydrogen) atoms. The zero-order chi connectivity index (χ0) is 25.6. The fourth-order valence-corrected chi connectivity index (χ4v) is 5.02. The summed E-state index contributed by atoms with van der Waals surface area (Å²) >= 11 is 0. The Morgan fingerprint density at radius 1 is 1.06 bits per heavy atom. The lowest BCUT2D eigenvalue weighted by Crippen LogP contribution is -2.48. The highest BCUT2D eigenvalue weighted by atomic mass is 32.2. The molecule has 0 aliphatic carbocycles. The minimum Gasteiger partial charge on any atom is -0.454 e. The van der Waals surface area contributed by atoms with Gasteiger partial charge in [0.15, 0.2) is 20.4 Å². The molecule has 5 rings (SSSR count). The van der Waals surface area contributed by atoms with Crippen molar-refractivity contribution in [3.05, 3.63) is 66.2 Å². The van der Waals surface area contributed by atoms with Gasteiger partial charge < -0.3 is 14.1 Å². The summed E-state index contributed by atoms with van der Waals surface area (Å²) in [4.78, 5) is 23.1. The lowest BCUT2D eigenvalue weighted by Gasteiger charge is -2.35. The van der Waals surface area contributed by atoms with Crippen LogP contribution in [0.3, 0.4) is 0 Å². The first-order valence-corrected chi connectivity index (χ1v) is 13.3. The average molecular weight is 510 g/mol. The van der Waals surface area contributed by atoms with E-state index in [-0.39, 0.29) is 34.3 Å². The number of furan rings is 1. The fourth-order valence-electron chi connectivity index (χ4n) is 4.46. The third kappa shape index (κ3) is 4.49. The monoisotopic (exact) mass is 509 g/mol. The molecule has 1 saturated heterocycles. The van der Waals surface area contributed by atoms with Crippen LogP contribution in [0.5, 0.6) is 0 Å². The first kappa shape index (κ1) is 24.1. The van der Waals surface area contributed by atoms with Crippen molar-refractivity contribution in [2.75, 3.05) is 19.3 Å². The van der Waals surface area contributed by atoms with E-state index >= 15 is 4.39 Å². The van der Waals surface area contributed by atoms with Crippen LogP contribution < -0.4 is 0 Å². The van der Waals surface area contributed by atoms with Crippen LogP contribution in [0.15, 0.2) is 64.3 Å². The van der Waals surface area contributed by atoms with E-state index in [1.165, 1.54) is 18.3 Å². The van der Waals surface area contributed by atoms with E-state index in [1.807, 2.05) is 13.8 Å². The van der Waals surface area contributed by atoms with E-state index < -0.39 is 15.7 Å². The van der Waals surface area contributed by atoms with Gasteiger partial charge >= 0.3 is 0 Å². The topological polar surface area (TPSA) is 103 Å². The highest BCUT2D eigenvalue weighted by Crippen LogP contribution is 2.35. The van der Waals surface area contributed by atoms with Crippen molar-refractivity contribution < 1.29 is 26.8 Å². The Kier molecular flexibility index (Phi) is 6.09. The van der Waals surface area contributed by atoms with Crippen LogP contribution in [0, 0.1) is 5.82 Å². The fraction of sp³-hybridized carbons (Fsp3) is 0.269. The Labute approximate surface area is 207 Å². The molecule has 10 heteroatoms. The van der Waals surface area contributed by atoms with Gasteiger partial charge in [-0.15, -0.1) is 0 Å². The second-order valence-electron chi connectivity index (χ2n) is 8.98. The van der Waals surface area contributed by atoms with Crippen molar-refractivity contribution in [2.45, 2.75) is 31.1 Å². The number of sulfone groups is 1. The first-order valence-electron chi connectivity index (χ1n) is 11.4. The number of morpholine rings is 1. The summed E-state index contributed by atoms with van der Waals surface area (Å²) in [6, 6.07) is 11.0. The molecule has 1 fully saturated rings. The summed E-state index contributed by atoms with van der Waals surface area (Å²) in [7, 11) is -3.43. The van der Waals surface area contributed by atoms with Crippen LogP contribution in [-0.4, -0.2) is 60.7 Å². The van der Waals surface area contributed by atoms with Crippen molar-refractivity contribution in [1.29, 1.82) is 0 Å². The quantitative estimate of drug-likeness (QED) is 0.403. The van der Waals surface area contributed by atoms with E-state index in [1.54, 1.807) is 41.4 Å². The maximum absolute atomic E-state index is 15.8. The number of carbonyl (C=O) groups is 1. The van der Waals surface area contributed by atoms with Gasteiger partial charge in [-0.2, -0.15) is 0 Å². The molecule has 1 amide bonds. The number of halogens is 1. The Bertz CT molecular complexity index is 1560. The van der Waals surface area contributed by atoms with Gasteiger partial charge in [-0.1, -0.05) is 12.1 Å². The molecule has 0 radical (unpaired) electrons. The molecule has 0 unspecified atom stereocenters. The van der Waals surface area contributed by atoms with E-state index in [0.29, 0.717) is 41.1 Å². The highest BCUT2D eigenvalue weighted by molar-refractivity contribution is 7.90. The van der Waals surface area contributed by atoms with Crippen molar-refractivity contribution in [2.24, 2.45) is 0 Å². The summed E-state index contributed by atoms with van der Waals surface area (Å²) < 4.78 is 50.9. The van der Waals surface area contributed by atoms with Crippen molar-refractivity contribution in [3.63, 3.8) is 0 Å². The van der Waals surface area contributed by atoms with Gasteiger partial charge in [0, 0.05) is 54.5 Å². The zero-order valence-electron chi connectivity index (χ0n) is 19.9. The molecule has 4 heterocycles. The molecule has 0 spiro atoms. The Morgan fingerprint density at radius 3 is 2.47 bits per heavy atom. The Balaban J connectivity index is 1.53. The number of benzene rings is 1. The van der Waals surface area contributed by atoms with Crippen LogP contribution in [0.1, 0.15) is 24.2 Å². The minimum atomic E-state index is -3.43. The molecule has 1 aliphatic heterocycles. The molecular weight excluding hydrogens is 485 g/mol. The second kappa shape index (κ2) is 9.11. The van der Waals surface area contributed by atoms with Gasteiger partial charge in [-0.3, -0.25) is 9.78 Å². The number of aromatic nitrogens is 2. The zero-order valence-corrected chi connectivity index (χ0v) is 20.8. The SMILES string of the molecule is C[C@@H]1CN(C(=O)c2cccc(-c3ccnc4cc(-c5ccc(S(C)(=O)=O)nc5)oc34)c2F)C[C@H](C)O1. The van der Waals surface area contributed by atoms with E-state index in [4.69, 9.17) is 9.15 Å². The second-order valence-corrected chi connectivity index (χ2v) is 10.9. The van der Waals surface area contributed by atoms with E-state index in [0.717, 1.165) is 6.26 Å². The van der Waals surface area contributed by atoms with Crippen molar-refractivity contribution in [1.82, 2.24) is 14.9 Å². The van der Waals surface area contributed by atoms with Gasteiger partial charge in [0.1, 0.15) is 17.1 Å². The number of nitrogens with zero attached hydrogens (tertiary/aromatic N) is 3. The Hall–Kier alpha value is -3.63. The molecule has 8 nitrogen and oxygen atoms in total. The van der Waals surface area contributed by atoms with E-state index in [2.05, 4.69) is 9.97 Å². The number of hydrogen-bond donors (Lipinski definition) is 0. The smallest absolute Gasteiger partial charge is 0.257 e. The maximum Gasteiger partial charge on any atom is 0.257 e. The van der Waals surface area contributed by atoms with Crippen LogP contribution in [-0.2, 0) is 14.6 Å². The standard InChI is InChI=1S/C26H24FN3O5S/c1-15-13-30(14-16(2)34-15)26(31)20-6-4-5-18(24(20)27)19-9-10-28-21-11-22(35-25(19)21)17-7-8-23(29-12-17)36(3,32)33/h4-12,15-16H,13-14H2,1-3H3/t15-,16+. The summed E-state index contributed by atoms with van der Waals surface area (Å²) in [6.07, 6.45) is 3.76. The third-order valence-electron chi connectivity index (χ3n) is 6.04. The van der Waals surface area contributed by atoms with Gasteiger partial charge in [0.25, 0.3) is 5.91 Å². The molecule has 0 bridgehead atoms. The predicted molar refractivity (Wildman–Crippen MR) is 132 cm³/mol. The van der Waals surface area contributed by atoms with Gasteiger partial charge in [0.2, 0.25) is 0 Å². The lowest BCUT2D eigenvalue weighted by atomic mass is 10.0. The molecule has 4 aromatic rings. The maximum atomic E-state index is 15.8. The van der Waals surface area contributed by atoms with Crippen LogP contribution in [0.4, 0.5) is 4.39 Å². The van der Waals surface area contributed by atoms with Crippen molar-refractivity contribution >= 4 is 26.8 Å². The van der Waals surface area contributed by atoms with Gasteiger partial charge in [0.05, 0.1) is 17.8 Å². The predicted octanol–water partition coefficient (Wildman–Crippen LogP) is 4.35. The number of amides is 1. The van der Waals surface area contributed by atoms with Crippen LogP contribution >= 0.6 is 0 Å². The normalized spacial score (nSPS) is 18.5. The first-order chi connectivity index (χ1) is 17.1. The largest absolute Gasteiger partial charge is 0.454 e. The number of fused-ring (bicyclic) bond motifs is 1. The van der Waals surface area contributed by atoms with Crippen LogP contribution in [0.2, 0.25) is 0 Å². The molecule has 186 valence electrons. The molecule has 0 N–H and O–H groups in total. The number of carbonyl (C=O) groups excluding carboxylic acids is 1. The molecule has 2 atom stereocenters. The minimum absolute atomic E-state index is 0.0221. The average Bonchev–Trinajstić information content (AvgIpc) is 3.27. The number of hydrogen-bond acceptors (Lipinski definition) is 7. The van der Waals surface area contributed by atoms with Crippen molar-refractivity contribution in [3.8, 4) is 22.5 Å². The van der Waals surface area contributed by atoms with Gasteiger partial charge in [-0.05, 0) is 38.1 Å². The van der Waals surface area contributed by atoms with Crippen LogP contribution in [0.25, 0.3) is 33.6 Å². The molecule has 1 aromatic carbocycles. The van der Waals surface area contributed by atoms with Gasteiger partial charge in [-0.25, -0.2) is 17.8 Å². The number of pyridine rings is 2. The molecule has 0 saturated carbocycles. The summed E-state index contributed by atoms with van der Waals surface area (Å²) in [5, 5.41) is -0.0474. The summed E-state index contributed by atoms with van der Waals surface area (Å²) in [5.74, 6) is -0.626. The number of ether oxygens (including phenoxy) is 1. The third-order valence-corrected chi connectivity index (χ3v) is 7.04. The summed E-state index contributed by atoms with van der Waals surface area (Å²) in [5.41, 5.74) is 2.02. The molecule has 3 aromatic heterocycles. The number of rotatable bonds is 4. The Morgan fingerprint density at radius 2 is 1.81 bits per heavy atom. The lowest BCUT2D eigenvalue weighted by molar-refractivity contribution is -0.0587. The summed E-state index contributed by atoms with van der Waals surface area (Å²) in [6.45, 7) is 4.55. The molecule has 1 aliphatic rings. The molecular formula is C26H24FN3O5S. The van der Waals surface area contributed by atoms with E-state index in [9.17, 15) is 13.2 Å². The highest BCUT2D eigenvalue weighted by Gasteiger charge is 2.29.